The fourth-order valence-corrected chi connectivity index (χ4v) is 1.34. The minimum absolute atomic E-state index is 0.105. The van der Waals surface area contributed by atoms with Crippen LogP contribution in [0.1, 0.15) is 26.3 Å². The molecule has 94 valence electrons. The van der Waals surface area contributed by atoms with Gasteiger partial charge in [-0.1, -0.05) is 12.1 Å². The molecule has 0 aliphatic heterocycles. The zero-order chi connectivity index (χ0) is 13.1. The van der Waals surface area contributed by atoms with Gasteiger partial charge < -0.3 is 10.4 Å². The average molecular weight is 239 g/mol. The van der Waals surface area contributed by atoms with Crippen LogP contribution >= 0.6 is 0 Å². The standard InChI is InChI=1S/C13H18FNO2/c1-9(16)13(2,3)15-12(17)8-10-5-4-6-11(14)7-10/h4-7,9,16H,8H2,1-3H3,(H,15,17). The molecule has 0 fully saturated rings. The number of benzene rings is 1. The van der Waals surface area contributed by atoms with Crippen LogP contribution in [-0.4, -0.2) is 22.7 Å². The minimum atomic E-state index is -0.690. The van der Waals surface area contributed by atoms with E-state index in [1.165, 1.54) is 12.1 Å². The van der Waals surface area contributed by atoms with Crippen LogP contribution in [0.15, 0.2) is 24.3 Å². The lowest BCUT2D eigenvalue weighted by atomic mass is 9.98. The third-order valence-electron chi connectivity index (χ3n) is 2.76. The van der Waals surface area contributed by atoms with E-state index < -0.39 is 11.6 Å². The largest absolute Gasteiger partial charge is 0.391 e. The zero-order valence-electron chi connectivity index (χ0n) is 10.3. The maximum atomic E-state index is 12.9. The molecule has 0 aliphatic carbocycles. The molecule has 1 rings (SSSR count). The van der Waals surface area contributed by atoms with Crippen LogP contribution in [-0.2, 0) is 11.2 Å². The molecule has 0 bridgehead atoms. The Kier molecular flexibility index (Phi) is 4.23. The second kappa shape index (κ2) is 5.27. The topological polar surface area (TPSA) is 49.3 Å². The van der Waals surface area contributed by atoms with Gasteiger partial charge in [0.25, 0.3) is 0 Å². The van der Waals surface area contributed by atoms with Crippen LogP contribution in [0, 0.1) is 5.82 Å². The van der Waals surface area contributed by atoms with Crippen molar-refractivity contribution in [2.75, 3.05) is 0 Å². The first-order chi connectivity index (χ1) is 7.81. The Balaban J connectivity index is 2.62. The Morgan fingerprint density at radius 1 is 1.53 bits per heavy atom. The molecule has 1 unspecified atom stereocenters. The summed E-state index contributed by atoms with van der Waals surface area (Å²) in [7, 11) is 0. The number of carbonyl (C=O) groups excluding carboxylic acids is 1. The Morgan fingerprint density at radius 3 is 2.71 bits per heavy atom. The summed E-state index contributed by atoms with van der Waals surface area (Å²) in [5.74, 6) is -0.591. The summed E-state index contributed by atoms with van der Waals surface area (Å²) >= 11 is 0. The average Bonchev–Trinajstić information content (AvgIpc) is 2.15. The maximum Gasteiger partial charge on any atom is 0.224 e. The smallest absolute Gasteiger partial charge is 0.224 e. The monoisotopic (exact) mass is 239 g/mol. The summed E-state index contributed by atoms with van der Waals surface area (Å²) < 4.78 is 12.9. The first-order valence-corrected chi connectivity index (χ1v) is 5.55. The van der Waals surface area contributed by atoms with E-state index in [0.717, 1.165) is 0 Å². The van der Waals surface area contributed by atoms with E-state index in [1.54, 1.807) is 32.9 Å². The molecule has 2 N–H and O–H groups in total. The fourth-order valence-electron chi connectivity index (χ4n) is 1.34. The molecule has 0 aliphatic rings. The number of carbonyl (C=O) groups is 1. The minimum Gasteiger partial charge on any atom is -0.391 e. The molecule has 0 aromatic heterocycles. The van der Waals surface area contributed by atoms with Gasteiger partial charge >= 0.3 is 0 Å². The number of halogens is 1. The number of aliphatic hydroxyl groups excluding tert-OH is 1. The van der Waals surface area contributed by atoms with Crippen molar-refractivity contribution < 1.29 is 14.3 Å². The van der Waals surface area contributed by atoms with Crippen molar-refractivity contribution in [1.29, 1.82) is 0 Å². The summed E-state index contributed by atoms with van der Waals surface area (Å²) in [6.07, 6.45) is -0.549. The third-order valence-corrected chi connectivity index (χ3v) is 2.76. The number of rotatable bonds is 4. The highest BCUT2D eigenvalue weighted by atomic mass is 19.1. The molecule has 0 spiro atoms. The molecule has 0 saturated carbocycles. The lowest BCUT2D eigenvalue weighted by molar-refractivity contribution is -0.123. The van der Waals surface area contributed by atoms with E-state index in [9.17, 15) is 14.3 Å². The van der Waals surface area contributed by atoms with Gasteiger partial charge in [0.2, 0.25) is 5.91 Å². The van der Waals surface area contributed by atoms with Crippen LogP contribution in [0.5, 0.6) is 0 Å². The predicted molar refractivity (Wildman–Crippen MR) is 64.0 cm³/mol. The highest BCUT2D eigenvalue weighted by Gasteiger charge is 2.25. The molecule has 0 radical (unpaired) electrons. The van der Waals surface area contributed by atoms with Crippen molar-refractivity contribution in [1.82, 2.24) is 5.32 Å². The normalized spacial score (nSPS) is 13.2. The van der Waals surface area contributed by atoms with E-state index in [1.807, 2.05) is 0 Å². The van der Waals surface area contributed by atoms with Gasteiger partial charge in [-0.25, -0.2) is 4.39 Å². The molecule has 1 aromatic carbocycles. The second-order valence-corrected chi connectivity index (χ2v) is 4.75. The van der Waals surface area contributed by atoms with E-state index in [2.05, 4.69) is 5.32 Å². The Bertz CT molecular complexity index is 402. The predicted octanol–water partition coefficient (Wildman–Crippen LogP) is 1.64. The number of hydrogen-bond donors (Lipinski definition) is 2. The highest BCUT2D eigenvalue weighted by Crippen LogP contribution is 2.10. The zero-order valence-corrected chi connectivity index (χ0v) is 10.3. The van der Waals surface area contributed by atoms with Crippen molar-refractivity contribution in [3.8, 4) is 0 Å². The first kappa shape index (κ1) is 13.6. The van der Waals surface area contributed by atoms with Crippen LogP contribution < -0.4 is 5.32 Å². The summed E-state index contributed by atoms with van der Waals surface area (Å²) in [5.41, 5.74) is -0.0754. The summed E-state index contributed by atoms with van der Waals surface area (Å²) in [5, 5.41) is 12.2. The van der Waals surface area contributed by atoms with Gasteiger partial charge in [0.05, 0.1) is 18.1 Å². The van der Waals surface area contributed by atoms with Crippen molar-refractivity contribution in [3.63, 3.8) is 0 Å². The molecular weight excluding hydrogens is 221 g/mol. The number of nitrogens with one attached hydrogen (secondary N) is 1. The first-order valence-electron chi connectivity index (χ1n) is 5.55. The van der Waals surface area contributed by atoms with Crippen LogP contribution in [0.4, 0.5) is 4.39 Å². The number of amides is 1. The Morgan fingerprint density at radius 2 is 2.18 bits per heavy atom. The number of hydrogen-bond acceptors (Lipinski definition) is 2. The molecule has 4 heteroatoms. The SMILES string of the molecule is CC(O)C(C)(C)NC(=O)Cc1cccc(F)c1. The van der Waals surface area contributed by atoms with E-state index in [-0.39, 0.29) is 18.1 Å². The molecule has 3 nitrogen and oxygen atoms in total. The Labute approximate surface area is 101 Å². The Hall–Kier alpha value is -1.42. The number of aliphatic hydroxyl groups is 1. The summed E-state index contributed by atoms with van der Waals surface area (Å²) in [6.45, 7) is 5.09. The maximum absolute atomic E-state index is 12.9. The second-order valence-electron chi connectivity index (χ2n) is 4.75. The molecular formula is C13H18FNO2. The van der Waals surface area contributed by atoms with Crippen molar-refractivity contribution in [3.05, 3.63) is 35.6 Å². The van der Waals surface area contributed by atoms with Crippen molar-refractivity contribution in [2.24, 2.45) is 0 Å². The summed E-state index contributed by atoms with van der Waals surface area (Å²) in [4.78, 5) is 11.7. The molecule has 1 amide bonds. The van der Waals surface area contributed by atoms with Gasteiger partial charge in [0, 0.05) is 0 Å². The van der Waals surface area contributed by atoms with E-state index in [4.69, 9.17) is 0 Å². The molecule has 1 atom stereocenters. The van der Waals surface area contributed by atoms with E-state index >= 15 is 0 Å². The van der Waals surface area contributed by atoms with Crippen molar-refractivity contribution in [2.45, 2.75) is 38.8 Å². The highest BCUT2D eigenvalue weighted by molar-refractivity contribution is 5.79. The van der Waals surface area contributed by atoms with Gasteiger partial charge in [0.1, 0.15) is 5.82 Å². The van der Waals surface area contributed by atoms with E-state index in [0.29, 0.717) is 5.56 Å². The molecule has 1 aromatic rings. The molecule has 0 heterocycles. The summed E-state index contributed by atoms with van der Waals surface area (Å²) in [6, 6.07) is 5.92. The van der Waals surface area contributed by atoms with Crippen LogP contribution in [0.3, 0.4) is 0 Å². The van der Waals surface area contributed by atoms with Gasteiger partial charge in [-0.05, 0) is 38.5 Å². The molecule has 17 heavy (non-hydrogen) atoms. The fraction of sp³-hybridized carbons (Fsp3) is 0.462. The lowest BCUT2D eigenvalue weighted by Gasteiger charge is -2.29. The van der Waals surface area contributed by atoms with Gasteiger partial charge in [-0.2, -0.15) is 0 Å². The third kappa shape index (κ3) is 4.15. The van der Waals surface area contributed by atoms with Gasteiger partial charge in [-0.15, -0.1) is 0 Å². The van der Waals surface area contributed by atoms with Gasteiger partial charge in [-0.3, -0.25) is 4.79 Å². The molecule has 0 saturated heterocycles. The van der Waals surface area contributed by atoms with Crippen LogP contribution in [0.25, 0.3) is 0 Å². The van der Waals surface area contributed by atoms with Gasteiger partial charge in [0.15, 0.2) is 0 Å². The van der Waals surface area contributed by atoms with Crippen molar-refractivity contribution >= 4 is 5.91 Å². The lowest BCUT2D eigenvalue weighted by Crippen LogP contribution is -2.51. The quantitative estimate of drug-likeness (QED) is 0.839. The van der Waals surface area contributed by atoms with Crippen LogP contribution in [0.2, 0.25) is 0 Å².